The van der Waals surface area contributed by atoms with E-state index in [1.165, 1.54) is 0 Å². The van der Waals surface area contributed by atoms with Crippen molar-refractivity contribution >= 4 is 5.91 Å². The Kier molecular flexibility index (Phi) is 5.51. The molecule has 0 saturated heterocycles. The minimum atomic E-state index is -0.231. The van der Waals surface area contributed by atoms with Crippen LogP contribution in [0.15, 0.2) is 42.5 Å². The van der Waals surface area contributed by atoms with Crippen molar-refractivity contribution in [3.8, 4) is 23.0 Å². The van der Waals surface area contributed by atoms with Gasteiger partial charge in [0.1, 0.15) is 18.1 Å². The number of carbonyl (C=O) groups is 1. The summed E-state index contributed by atoms with van der Waals surface area (Å²) in [5.41, 5.74) is 0.464. The summed E-state index contributed by atoms with van der Waals surface area (Å²) in [6.07, 6.45) is -0.231. The van der Waals surface area contributed by atoms with E-state index in [-0.39, 0.29) is 12.0 Å². The van der Waals surface area contributed by atoms with Crippen LogP contribution in [-0.4, -0.2) is 50.8 Å². The van der Waals surface area contributed by atoms with Crippen molar-refractivity contribution in [2.45, 2.75) is 13.0 Å². The molecule has 3 rings (SSSR count). The van der Waals surface area contributed by atoms with Crippen LogP contribution < -0.4 is 18.9 Å². The molecule has 26 heavy (non-hydrogen) atoms. The van der Waals surface area contributed by atoms with E-state index in [0.717, 1.165) is 5.75 Å². The molecule has 6 heteroatoms. The van der Waals surface area contributed by atoms with Crippen molar-refractivity contribution in [3.05, 3.63) is 48.0 Å². The second-order valence-corrected chi connectivity index (χ2v) is 5.91. The molecule has 2 aromatic rings. The Morgan fingerprint density at radius 3 is 2.62 bits per heavy atom. The highest BCUT2D eigenvalue weighted by Crippen LogP contribution is 2.31. The molecular weight excluding hydrogens is 334 g/mol. The normalized spacial score (nSPS) is 15.3. The molecule has 0 bridgehead atoms. The van der Waals surface area contributed by atoms with Gasteiger partial charge in [0.15, 0.2) is 17.6 Å². The number of methoxy groups -OCH3 is 2. The Hall–Kier alpha value is -2.89. The highest BCUT2D eigenvalue weighted by atomic mass is 16.6. The SMILES string of the molecule is CCN(CC1COc2ccccc2O1)C(=O)c1cc(OC)ccc1OC. The number of fused-ring (bicyclic) bond motifs is 1. The van der Waals surface area contributed by atoms with Crippen LogP contribution in [-0.2, 0) is 0 Å². The topological polar surface area (TPSA) is 57.2 Å². The molecule has 138 valence electrons. The van der Waals surface area contributed by atoms with Crippen LogP contribution in [0.5, 0.6) is 23.0 Å². The van der Waals surface area contributed by atoms with Gasteiger partial charge in [0.05, 0.1) is 26.3 Å². The first-order chi connectivity index (χ1) is 12.7. The molecule has 1 unspecified atom stereocenters. The van der Waals surface area contributed by atoms with E-state index in [4.69, 9.17) is 18.9 Å². The number of benzene rings is 2. The van der Waals surface area contributed by atoms with Gasteiger partial charge in [0.25, 0.3) is 5.91 Å². The van der Waals surface area contributed by atoms with Gasteiger partial charge in [-0.3, -0.25) is 4.79 Å². The molecule has 6 nitrogen and oxygen atoms in total. The molecule has 1 atom stereocenters. The van der Waals surface area contributed by atoms with Crippen molar-refractivity contribution in [3.63, 3.8) is 0 Å². The molecule has 0 fully saturated rings. The smallest absolute Gasteiger partial charge is 0.257 e. The van der Waals surface area contributed by atoms with Crippen LogP contribution in [0.1, 0.15) is 17.3 Å². The summed E-state index contributed by atoms with van der Waals surface area (Å²) in [4.78, 5) is 14.8. The summed E-state index contributed by atoms with van der Waals surface area (Å²) in [5.74, 6) is 2.42. The molecule has 0 aliphatic carbocycles. The highest BCUT2D eigenvalue weighted by molar-refractivity contribution is 5.97. The zero-order valence-electron chi connectivity index (χ0n) is 15.2. The van der Waals surface area contributed by atoms with Gasteiger partial charge in [-0.1, -0.05) is 12.1 Å². The highest BCUT2D eigenvalue weighted by Gasteiger charge is 2.26. The fraction of sp³-hybridized carbons (Fsp3) is 0.350. The van der Waals surface area contributed by atoms with Crippen LogP contribution in [0.25, 0.3) is 0 Å². The van der Waals surface area contributed by atoms with E-state index in [2.05, 4.69) is 0 Å². The molecule has 1 heterocycles. The molecule has 1 aliphatic rings. The van der Waals surface area contributed by atoms with Crippen LogP contribution in [0.3, 0.4) is 0 Å². The minimum absolute atomic E-state index is 0.134. The molecule has 0 aromatic heterocycles. The van der Waals surface area contributed by atoms with Gasteiger partial charge in [0, 0.05) is 6.54 Å². The van der Waals surface area contributed by atoms with Gasteiger partial charge in [-0.2, -0.15) is 0 Å². The third-order valence-corrected chi connectivity index (χ3v) is 4.30. The second-order valence-electron chi connectivity index (χ2n) is 5.91. The quantitative estimate of drug-likeness (QED) is 0.795. The monoisotopic (exact) mass is 357 g/mol. The lowest BCUT2D eigenvalue weighted by atomic mass is 10.1. The first kappa shape index (κ1) is 17.9. The number of nitrogens with zero attached hydrogens (tertiary/aromatic N) is 1. The summed E-state index contributed by atoms with van der Waals surface area (Å²) >= 11 is 0. The number of carbonyl (C=O) groups excluding carboxylic acids is 1. The lowest BCUT2D eigenvalue weighted by molar-refractivity contribution is 0.0472. The van der Waals surface area contributed by atoms with Crippen molar-refractivity contribution in [2.24, 2.45) is 0 Å². The Bertz CT molecular complexity index is 777. The van der Waals surface area contributed by atoms with Crippen molar-refractivity contribution in [1.29, 1.82) is 0 Å². The van der Waals surface area contributed by atoms with Crippen LogP contribution in [0.2, 0.25) is 0 Å². The van der Waals surface area contributed by atoms with Gasteiger partial charge in [-0.05, 0) is 37.3 Å². The molecule has 1 aliphatic heterocycles. The fourth-order valence-corrected chi connectivity index (χ4v) is 2.91. The predicted molar refractivity (Wildman–Crippen MR) is 97.5 cm³/mol. The summed E-state index contributed by atoms with van der Waals surface area (Å²) in [7, 11) is 3.11. The lowest BCUT2D eigenvalue weighted by Gasteiger charge is -2.31. The van der Waals surface area contributed by atoms with E-state index in [9.17, 15) is 4.79 Å². The average molecular weight is 357 g/mol. The van der Waals surface area contributed by atoms with Crippen LogP contribution in [0.4, 0.5) is 0 Å². The number of hydrogen-bond donors (Lipinski definition) is 0. The maximum Gasteiger partial charge on any atom is 0.257 e. The van der Waals surface area contributed by atoms with E-state index in [0.29, 0.717) is 42.5 Å². The summed E-state index contributed by atoms with van der Waals surface area (Å²) in [6, 6.07) is 12.7. The molecule has 0 saturated carbocycles. The van der Waals surface area contributed by atoms with Crippen molar-refractivity contribution in [1.82, 2.24) is 4.90 Å². The Balaban J connectivity index is 1.76. The number of likely N-dealkylation sites (N-methyl/N-ethyl adjacent to an activating group) is 1. The molecular formula is C20H23NO5. The third-order valence-electron chi connectivity index (χ3n) is 4.30. The van der Waals surface area contributed by atoms with E-state index < -0.39 is 0 Å². The minimum Gasteiger partial charge on any atom is -0.497 e. The first-order valence-corrected chi connectivity index (χ1v) is 8.56. The Morgan fingerprint density at radius 2 is 1.92 bits per heavy atom. The largest absolute Gasteiger partial charge is 0.497 e. The van der Waals surface area contributed by atoms with Crippen LogP contribution >= 0.6 is 0 Å². The second kappa shape index (κ2) is 7.99. The number of hydrogen-bond acceptors (Lipinski definition) is 5. The van der Waals surface area contributed by atoms with Gasteiger partial charge >= 0.3 is 0 Å². The zero-order chi connectivity index (χ0) is 18.5. The fourth-order valence-electron chi connectivity index (χ4n) is 2.91. The molecule has 2 aromatic carbocycles. The standard InChI is InChI=1S/C20H23NO5/c1-4-21(12-15-13-25-18-7-5-6-8-19(18)26-15)20(22)16-11-14(23-2)9-10-17(16)24-3/h5-11,15H,4,12-13H2,1-3H3. The number of para-hydroxylation sites is 2. The number of rotatable bonds is 6. The van der Waals surface area contributed by atoms with Crippen molar-refractivity contribution in [2.75, 3.05) is 33.9 Å². The average Bonchev–Trinajstić information content (AvgIpc) is 2.70. The number of ether oxygens (including phenoxy) is 4. The number of amides is 1. The van der Waals surface area contributed by atoms with E-state index >= 15 is 0 Å². The van der Waals surface area contributed by atoms with Gasteiger partial charge in [0.2, 0.25) is 0 Å². The van der Waals surface area contributed by atoms with E-state index in [1.54, 1.807) is 37.3 Å². The maximum absolute atomic E-state index is 13.0. The third kappa shape index (κ3) is 3.69. The van der Waals surface area contributed by atoms with Gasteiger partial charge in [-0.15, -0.1) is 0 Å². The first-order valence-electron chi connectivity index (χ1n) is 8.56. The van der Waals surface area contributed by atoms with Gasteiger partial charge < -0.3 is 23.8 Å². The molecule has 0 radical (unpaired) electrons. The summed E-state index contributed by atoms with van der Waals surface area (Å²) in [5, 5.41) is 0. The maximum atomic E-state index is 13.0. The summed E-state index contributed by atoms with van der Waals surface area (Å²) < 4.78 is 22.3. The summed E-state index contributed by atoms with van der Waals surface area (Å²) in [6.45, 7) is 3.29. The molecule has 1 amide bonds. The van der Waals surface area contributed by atoms with Gasteiger partial charge in [-0.25, -0.2) is 0 Å². The zero-order valence-corrected chi connectivity index (χ0v) is 15.2. The Labute approximate surface area is 153 Å². The van der Waals surface area contributed by atoms with Crippen LogP contribution in [0, 0.1) is 0 Å². The molecule has 0 spiro atoms. The molecule has 0 N–H and O–H groups in total. The lowest BCUT2D eigenvalue weighted by Crippen LogP contribution is -2.43. The van der Waals surface area contributed by atoms with E-state index in [1.807, 2.05) is 31.2 Å². The van der Waals surface area contributed by atoms with Crippen molar-refractivity contribution < 1.29 is 23.7 Å². The predicted octanol–water partition coefficient (Wildman–Crippen LogP) is 3.01. The Morgan fingerprint density at radius 1 is 1.15 bits per heavy atom.